The van der Waals surface area contributed by atoms with E-state index >= 15 is 0 Å². The number of carboxylic acids is 2. The Labute approximate surface area is 298 Å². The molecule has 2 heterocycles. The zero-order valence-electron chi connectivity index (χ0n) is 25.7. The van der Waals surface area contributed by atoms with Crippen LogP contribution in [0.25, 0.3) is 21.8 Å². The van der Waals surface area contributed by atoms with E-state index in [1.807, 2.05) is 12.1 Å². The van der Waals surface area contributed by atoms with E-state index in [4.69, 9.17) is 0 Å². The fraction of sp³-hybridized carbons (Fsp3) is 0.0714. The van der Waals surface area contributed by atoms with E-state index in [-0.39, 0.29) is 59.8 Å². The third-order valence-corrected chi connectivity index (χ3v) is 8.99. The maximum absolute atomic E-state index is 11.3. The summed E-state index contributed by atoms with van der Waals surface area (Å²) in [6, 6.07) is 20.0. The van der Waals surface area contributed by atoms with Crippen LogP contribution in [-0.2, 0) is 62.5 Å². The number of rotatable bonds is 8. The molecule has 277 valence electrons. The molecule has 11 N–H and O–H groups in total. The fourth-order valence-electron chi connectivity index (χ4n) is 3.71. The zero-order valence-corrected chi connectivity index (χ0v) is 28.4. The Morgan fingerprint density at radius 3 is 1.12 bits per heavy atom. The van der Waals surface area contributed by atoms with Crippen LogP contribution in [0.15, 0.2) is 107 Å². The Morgan fingerprint density at radius 2 is 0.863 bits per heavy atom. The number of sulfone groups is 2. The van der Waals surface area contributed by atoms with Gasteiger partial charge in [0.1, 0.15) is 0 Å². The number of nitrogens with zero attached hydrogens (tertiary/aromatic N) is 4. The second kappa shape index (κ2) is 21.5. The van der Waals surface area contributed by atoms with Gasteiger partial charge in [-0.2, -0.15) is 0 Å². The van der Waals surface area contributed by atoms with Gasteiger partial charge in [0, 0.05) is 47.4 Å². The molecule has 0 aliphatic carbocycles. The molecule has 0 atom stereocenters. The Balaban J connectivity index is -0.000000646. The van der Waals surface area contributed by atoms with E-state index in [0.717, 1.165) is 70.3 Å². The normalized spacial score (nSPS) is 9.88. The van der Waals surface area contributed by atoms with Crippen LogP contribution in [0, 0.1) is 20.2 Å². The van der Waals surface area contributed by atoms with Crippen molar-refractivity contribution in [1.29, 1.82) is 0 Å². The van der Waals surface area contributed by atoms with Gasteiger partial charge < -0.3 is 41.7 Å². The van der Waals surface area contributed by atoms with Crippen molar-refractivity contribution in [2.75, 3.05) is 11.5 Å². The number of nitro groups is 2. The molecule has 5 aromatic rings. The molecule has 20 nitrogen and oxygen atoms in total. The fourth-order valence-corrected chi connectivity index (χ4v) is 5.76. The summed E-state index contributed by atoms with van der Waals surface area (Å²) in [5.74, 6) is -5.74. The Bertz CT molecular complexity index is 2000. The minimum atomic E-state index is -3.99. The summed E-state index contributed by atoms with van der Waals surface area (Å²) in [5.41, 5.74) is 1.41. The molecule has 0 aliphatic heterocycles. The van der Waals surface area contributed by atoms with Crippen molar-refractivity contribution in [2.24, 2.45) is 0 Å². The number of carbonyl (C=O) groups is 2. The molecular weight excluding hydrogens is 771 g/mol. The van der Waals surface area contributed by atoms with Crippen LogP contribution < -0.4 is 10.2 Å². The van der Waals surface area contributed by atoms with Crippen molar-refractivity contribution in [3.63, 3.8) is 0 Å². The summed E-state index contributed by atoms with van der Waals surface area (Å²) in [4.78, 5) is 47.7. The molecule has 2 aromatic heterocycles. The van der Waals surface area contributed by atoms with E-state index < -0.39 is 53.0 Å². The van der Waals surface area contributed by atoms with Gasteiger partial charge in [-0.15, -0.1) is 0 Å². The van der Waals surface area contributed by atoms with Crippen molar-refractivity contribution >= 4 is 64.8 Å². The van der Waals surface area contributed by atoms with Gasteiger partial charge in [-0.1, -0.05) is 24.3 Å². The van der Waals surface area contributed by atoms with Gasteiger partial charge in [0.15, 0.2) is 19.7 Å². The molecule has 0 aliphatic rings. The van der Waals surface area contributed by atoms with E-state index in [9.17, 15) is 56.9 Å². The third-order valence-electron chi connectivity index (χ3n) is 5.77. The van der Waals surface area contributed by atoms with Gasteiger partial charge in [0.25, 0.3) is 11.4 Å². The predicted octanol–water partition coefficient (Wildman–Crippen LogP) is -2.57. The number of pyridine rings is 2. The predicted molar refractivity (Wildman–Crippen MR) is 176 cm³/mol. The molecule has 0 amide bonds. The second-order valence-corrected chi connectivity index (χ2v) is 13.0. The minimum Gasteiger partial charge on any atom is -0.549 e. The molecule has 51 heavy (non-hydrogen) atoms. The van der Waals surface area contributed by atoms with Gasteiger partial charge >= 0.3 is 16.8 Å². The number of benzene rings is 3. The summed E-state index contributed by atoms with van der Waals surface area (Å²) < 4.78 is 45.3. The zero-order chi connectivity index (χ0) is 34.1. The van der Waals surface area contributed by atoms with Crippen molar-refractivity contribution in [1.82, 2.24) is 9.97 Å². The second-order valence-electron chi connectivity index (χ2n) is 8.98. The van der Waals surface area contributed by atoms with Crippen LogP contribution >= 0.6 is 0 Å². The smallest absolute Gasteiger partial charge is 0.549 e. The number of hydrogen-bond donors (Lipinski definition) is 0. The number of aromatic nitrogens is 2. The number of hydrogen-bond acceptors (Lipinski definition) is 14. The van der Waals surface area contributed by atoms with Crippen LogP contribution in [0.4, 0.5) is 11.4 Å². The molecular formula is C28H31CoN4O16S2+3. The first-order valence-electron chi connectivity index (χ1n) is 12.5. The Hall–Kier alpha value is -5.53. The number of non-ortho nitro benzene ring substituents is 2. The number of aliphatic carboxylic acids is 2. The number of carbonyl (C=O) groups excluding carboxylic acids is 2. The van der Waals surface area contributed by atoms with Crippen LogP contribution in [0.1, 0.15) is 0 Å². The maximum atomic E-state index is 11.3. The first-order valence-corrected chi connectivity index (χ1v) is 15.8. The first kappa shape index (κ1) is 49.8. The molecule has 0 bridgehead atoms. The van der Waals surface area contributed by atoms with Gasteiger partial charge in [-0.05, 0) is 36.4 Å². The van der Waals surface area contributed by atoms with Crippen LogP contribution in [0.3, 0.4) is 0 Å². The summed E-state index contributed by atoms with van der Waals surface area (Å²) in [7, 11) is -7.97. The monoisotopic (exact) mass is 802 g/mol. The maximum Gasteiger partial charge on any atom is 2.00 e. The van der Waals surface area contributed by atoms with Crippen LogP contribution in [-0.4, -0.2) is 65.6 Å². The van der Waals surface area contributed by atoms with E-state index in [2.05, 4.69) is 34.2 Å². The standard InChI is InChI=1S/C12H8N2.2C8H7NO6S.Co.4H2O/c1-3-9-5-6-10-4-2-8-14-12(10)11(9)13-7-1;2*10-8(11)5-16(14,15)7-3-1-6(2-4-7)9(12)13;;;;;/h1-8H;2*1-4H,5H2,(H,10,11);;4*1H2/q;;;+2;;;;/p+1. The average Bonchev–Trinajstić information content (AvgIpc) is 3.00. The molecule has 1 radical (unpaired) electrons. The molecule has 0 spiro atoms. The molecule has 0 fully saturated rings. The number of fused-ring (bicyclic) bond motifs is 3. The topological polar surface area (TPSA) is 391 Å². The van der Waals surface area contributed by atoms with E-state index in [1.54, 1.807) is 12.4 Å². The molecule has 3 aromatic carbocycles. The SMILES string of the molecule is O.O=C([O-])CS(=O)(=O)c1ccc([N+](=O)[O-])cc1.O=C([O-])CS(=O)(=O)c1ccc([N+](=O)[O-])cc1.[Co+2].[OH3+].[OH3+].[OH3+].c1cnc2c(c1)ccc1cccnc12. The van der Waals surface area contributed by atoms with Gasteiger partial charge in [0.2, 0.25) is 0 Å². The molecule has 5 rings (SSSR count). The van der Waals surface area contributed by atoms with Crippen LogP contribution in [0.2, 0.25) is 0 Å². The van der Waals surface area contributed by atoms with E-state index in [1.165, 1.54) is 0 Å². The van der Waals surface area contributed by atoms with Gasteiger partial charge in [-0.25, -0.2) is 16.8 Å². The summed E-state index contributed by atoms with van der Waals surface area (Å²) in [6.07, 6.45) is 3.60. The third kappa shape index (κ3) is 14.1. The Morgan fingerprint density at radius 1 is 0.569 bits per heavy atom. The molecule has 23 heteroatoms. The van der Waals surface area contributed by atoms with Crippen molar-refractivity contribution in [3.05, 3.63) is 118 Å². The average molecular weight is 803 g/mol. The quantitative estimate of drug-likeness (QED) is 0.0674. The van der Waals surface area contributed by atoms with Crippen molar-refractivity contribution in [3.8, 4) is 0 Å². The van der Waals surface area contributed by atoms with Crippen LogP contribution in [0.5, 0.6) is 0 Å². The molecule has 0 saturated heterocycles. The Kier molecular flexibility index (Phi) is 21.0. The van der Waals surface area contributed by atoms with Crippen molar-refractivity contribution < 1.29 is 85.2 Å². The van der Waals surface area contributed by atoms with Crippen molar-refractivity contribution in [2.45, 2.75) is 9.79 Å². The number of carboxylic acid groups (broad SMARTS) is 2. The largest absolute Gasteiger partial charge is 2.00 e. The van der Waals surface area contributed by atoms with Gasteiger partial charge in [0.05, 0.1) is 54.1 Å². The summed E-state index contributed by atoms with van der Waals surface area (Å²) >= 11 is 0. The summed E-state index contributed by atoms with van der Waals surface area (Å²) in [5, 5.41) is 43.2. The summed E-state index contributed by atoms with van der Waals surface area (Å²) in [6.45, 7) is 0. The first-order chi connectivity index (χ1) is 21.6. The minimum absolute atomic E-state index is 0. The van der Waals surface area contributed by atoms with Gasteiger partial charge in [-0.3, -0.25) is 30.2 Å². The van der Waals surface area contributed by atoms with E-state index in [0.29, 0.717) is 0 Å². The number of nitro benzene ring substituents is 2. The molecule has 0 unspecified atom stereocenters. The molecule has 0 saturated carbocycles.